The molecule has 0 saturated heterocycles. The van der Waals surface area contributed by atoms with Crippen molar-refractivity contribution in [2.24, 2.45) is 0 Å². The lowest BCUT2D eigenvalue weighted by molar-refractivity contribution is 1.08. The Morgan fingerprint density at radius 2 is 0.760 bits per heavy atom. The second kappa shape index (κ2) is 10.4. The monoisotopic (exact) mass is 635 g/mol. The van der Waals surface area contributed by atoms with Crippen molar-refractivity contribution >= 4 is 75.9 Å². The summed E-state index contributed by atoms with van der Waals surface area (Å²) in [6.07, 6.45) is 0. The van der Waals surface area contributed by atoms with Crippen LogP contribution in [0.25, 0.3) is 98.7 Å². The van der Waals surface area contributed by atoms with Gasteiger partial charge in [-0.3, -0.25) is 4.57 Å². The molecule has 0 spiro atoms. The van der Waals surface area contributed by atoms with E-state index in [1.54, 1.807) is 0 Å². The number of pyridine rings is 1. The quantitative estimate of drug-likeness (QED) is 0.177. The Bertz CT molecular complexity index is 3070. The highest BCUT2D eigenvalue weighted by Gasteiger charge is 2.17. The van der Waals surface area contributed by atoms with Gasteiger partial charge in [-0.15, -0.1) is 0 Å². The third-order valence-electron chi connectivity index (χ3n) is 10.5. The molecule has 11 rings (SSSR count). The van der Waals surface area contributed by atoms with Crippen molar-refractivity contribution in [3.8, 4) is 22.8 Å². The molecule has 50 heavy (non-hydrogen) atoms. The summed E-state index contributed by atoms with van der Waals surface area (Å²) in [7, 11) is 0. The van der Waals surface area contributed by atoms with Gasteiger partial charge in [0.05, 0.1) is 27.8 Å². The molecular weight excluding hydrogens is 607 g/mol. The van der Waals surface area contributed by atoms with Crippen LogP contribution in [0.2, 0.25) is 0 Å². The third kappa shape index (κ3) is 3.83. The molecule has 0 bridgehead atoms. The number of para-hydroxylation sites is 3. The summed E-state index contributed by atoms with van der Waals surface area (Å²) < 4.78 is 4.71. The second-order valence-electron chi connectivity index (χ2n) is 13.2. The molecule has 3 nitrogen and oxygen atoms in total. The van der Waals surface area contributed by atoms with Gasteiger partial charge in [0, 0.05) is 32.8 Å². The van der Waals surface area contributed by atoms with E-state index in [1.165, 1.54) is 59.4 Å². The van der Waals surface area contributed by atoms with Gasteiger partial charge in [-0.2, -0.15) is 0 Å². The first kappa shape index (κ1) is 27.3. The first-order valence-corrected chi connectivity index (χ1v) is 17.1. The van der Waals surface area contributed by atoms with Gasteiger partial charge in [-0.25, -0.2) is 4.98 Å². The van der Waals surface area contributed by atoms with E-state index in [0.717, 1.165) is 39.3 Å². The minimum atomic E-state index is 0.911. The second-order valence-corrected chi connectivity index (χ2v) is 13.2. The summed E-state index contributed by atoms with van der Waals surface area (Å²) in [5.41, 5.74) is 7.85. The highest BCUT2D eigenvalue weighted by Crippen LogP contribution is 2.39. The predicted molar refractivity (Wildman–Crippen MR) is 211 cm³/mol. The molecule has 0 N–H and O–H groups in total. The Kier molecular flexibility index (Phi) is 5.67. The summed E-state index contributed by atoms with van der Waals surface area (Å²) in [5, 5.41) is 12.6. The third-order valence-corrected chi connectivity index (χ3v) is 10.5. The molecule has 11 aromatic rings. The Balaban J connectivity index is 1.14. The molecule has 0 unspecified atom stereocenters. The van der Waals surface area contributed by atoms with Crippen LogP contribution in [0.1, 0.15) is 0 Å². The summed E-state index contributed by atoms with van der Waals surface area (Å²) in [6, 6.07) is 63.6. The molecule has 0 aliphatic rings. The normalized spacial score (nSPS) is 12.0. The van der Waals surface area contributed by atoms with Crippen LogP contribution in [0.4, 0.5) is 0 Å². The van der Waals surface area contributed by atoms with Crippen LogP contribution in [-0.2, 0) is 0 Å². The number of rotatable bonds is 3. The lowest BCUT2D eigenvalue weighted by Gasteiger charge is -2.14. The van der Waals surface area contributed by atoms with Crippen molar-refractivity contribution in [1.29, 1.82) is 0 Å². The molecule has 0 saturated carbocycles. The van der Waals surface area contributed by atoms with E-state index < -0.39 is 0 Å². The van der Waals surface area contributed by atoms with Gasteiger partial charge < -0.3 is 4.57 Å². The van der Waals surface area contributed by atoms with Crippen LogP contribution in [0, 0.1) is 0 Å². The summed E-state index contributed by atoms with van der Waals surface area (Å²) in [5.74, 6) is 0.911. The number of nitrogens with zero attached hydrogens (tertiary/aromatic N) is 3. The smallest absolute Gasteiger partial charge is 0.138 e. The van der Waals surface area contributed by atoms with Crippen molar-refractivity contribution in [2.75, 3.05) is 0 Å². The standard InChI is InChI=1S/C47H29N3/c1-2-14-34-32(12-1)33-13-3-4-15-35(33)41-29-31(25-27-36(34)41)49-43-20-8-5-18-39(43)40-26-24-30(28-46(40)49)42-19-11-23-47(48-42)50-44-21-9-6-16-37(44)38-17-7-10-22-45(38)50/h1-29H. The maximum Gasteiger partial charge on any atom is 0.138 e. The van der Waals surface area contributed by atoms with Crippen LogP contribution in [0.3, 0.4) is 0 Å². The SMILES string of the molecule is c1cc(-c2ccc3c4ccccc4n(-c4ccc5c6ccccc6c6ccccc6c5c4)c3c2)nc(-n2c3ccccc3c3ccccc32)c1. The van der Waals surface area contributed by atoms with Crippen molar-refractivity contribution < 1.29 is 0 Å². The number of fused-ring (bicyclic) bond motifs is 12. The van der Waals surface area contributed by atoms with E-state index in [-0.39, 0.29) is 0 Å². The number of hydrogen-bond donors (Lipinski definition) is 0. The summed E-state index contributed by atoms with van der Waals surface area (Å²) in [6.45, 7) is 0. The fraction of sp³-hybridized carbons (Fsp3) is 0. The Hall–Kier alpha value is -6.71. The zero-order valence-corrected chi connectivity index (χ0v) is 27.1. The Morgan fingerprint density at radius 3 is 1.36 bits per heavy atom. The first-order chi connectivity index (χ1) is 24.8. The zero-order chi connectivity index (χ0) is 32.8. The molecular formula is C47H29N3. The van der Waals surface area contributed by atoms with E-state index >= 15 is 0 Å². The van der Waals surface area contributed by atoms with Crippen molar-refractivity contribution in [2.45, 2.75) is 0 Å². The topological polar surface area (TPSA) is 22.8 Å². The molecule has 232 valence electrons. The predicted octanol–water partition coefficient (Wildman–Crippen LogP) is 12.4. The van der Waals surface area contributed by atoms with Crippen LogP contribution in [-0.4, -0.2) is 14.1 Å². The van der Waals surface area contributed by atoms with Gasteiger partial charge >= 0.3 is 0 Å². The highest BCUT2D eigenvalue weighted by molar-refractivity contribution is 6.25. The van der Waals surface area contributed by atoms with Gasteiger partial charge in [0.15, 0.2) is 0 Å². The fourth-order valence-electron chi connectivity index (χ4n) is 8.32. The van der Waals surface area contributed by atoms with Crippen molar-refractivity contribution in [1.82, 2.24) is 14.1 Å². The minimum absolute atomic E-state index is 0.911. The number of aromatic nitrogens is 3. The lowest BCUT2D eigenvalue weighted by atomic mass is 9.94. The molecule has 3 heterocycles. The summed E-state index contributed by atoms with van der Waals surface area (Å²) in [4.78, 5) is 5.31. The van der Waals surface area contributed by atoms with Gasteiger partial charge in [0.25, 0.3) is 0 Å². The first-order valence-electron chi connectivity index (χ1n) is 17.1. The molecule has 0 amide bonds. The fourth-order valence-corrected chi connectivity index (χ4v) is 8.32. The maximum atomic E-state index is 5.31. The average Bonchev–Trinajstić information content (AvgIpc) is 3.70. The van der Waals surface area contributed by atoms with E-state index in [0.29, 0.717) is 0 Å². The minimum Gasteiger partial charge on any atom is -0.309 e. The molecule has 0 fully saturated rings. The average molecular weight is 636 g/mol. The van der Waals surface area contributed by atoms with Crippen LogP contribution in [0.5, 0.6) is 0 Å². The number of benzene rings is 8. The number of hydrogen-bond acceptors (Lipinski definition) is 1. The van der Waals surface area contributed by atoms with Gasteiger partial charge in [-0.05, 0) is 80.8 Å². The Labute approximate surface area is 287 Å². The van der Waals surface area contributed by atoms with Crippen LogP contribution in [0.15, 0.2) is 176 Å². The Morgan fingerprint density at radius 1 is 0.300 bits per heavy atom. The van der Waals surface area contributed by atoms with E-state index in [4.69, 9.17) is 4.98 Å². The zero-order valence-electron chi connectivity index (χ0n) is 27.1. The molecule has 0 atom stereocenters. The van der Waals surface area contributed by atoms with Gasteiger partial charge in [-0.1, -0.05) is 127 Å². The maximum absolute atomic E-state index is 5.31. The van der Waals surface area contributed by atoms with E-state index in [9.17, 15) is 0 Å². The van der Waals surface area contributed by atoms with E-state index in [1.807, 2.05) is 0 Å². The van der Waals surface area contributed by atoms with Gasteiger partial charge in [0.2, 0.25) is 0 Å². The van der Waals surface area contributed by atoms with Gasteiger partial charge in [0.1, 0.15) is 5.82 Å². The molecule has 3 aromatic heterocycles. The largest absolute Gasteiger partial charge is 0.309 e. The van der Waals surface area contributed by atoms with Crippen LogP contribution >= 0.6 is 0 Å². The summed E-state index contributed by atoms with van der Waals surface area (Å²) >= 11 is 0. The molecule has 0 aliphatic carbocycles. The van der Waals surface area contributed by atoms with Crippen LogP contribution < -0.4 is 0 Å². The molecule has 0 aliphatic heterocycles. The highest BCUT2D eigenvalue weighted by atomic mass is 15.1. The van der Waals surface area contributed by atoms with Crippen molar-refractivity contribution in [3.05, 3.63) is 176 Å². The van der Waals surface area contributed by atoms with E-state index in [2.05, 4.69) is 185 Å². The lowest BCUT2D eigenvalue weighted by Crippen LogP contribution is -1.98. The molecule has 0 radical (unpaired) electrons. The van der Waals surface area contributed by atoms with Crippen molar-refractivity contribution in [3.63, 3.8) is 0 Å². The molecule has 3 heteroatoms. The molecule has 8 aromatic carbocycles.